The van der Waals surface area contributed by atoms with Gasteiger partial charge in [-0.25, -0.2) is 0 Å². The number of para-hydroxylation sites is 1. The maximum atomic E-state index is 8.80. The molecule has 20 heavy (non-hydrogen) atoms. The molecular formula is C15H18N4O. The minimum absolute atomic E-state index is 0.197. The topological polar surface area (TPSA) is 66.7 Å². The van der Waals surface area contributed by atoms with Crippen LogP contribution in [0.15, 0.2) is 36.7 Å². The lowest BCUT2D eigenvalue weighted by Crippen LogP contribution is -2.01. The molecule has 0 unspecified atom stereocenters. The summed E-state index contributed by atoms with van der Waals surface area (Å²) in [6, 6.07) is 8.31. The Morgan fingerprint density at radius 2 is 2.10 bits per heavy atom. The Bertz CT molecular complexity index is 686. The highest BCUT2D eigenvalue weighted by atomic mass is 16.2. The molecule has 0 amide bonds. The predicted molar refractivity (Wildman–Crippen MR) is 77.4 cm³/mol. The average Bonchev–Trinajstić information content (AvgIpc) is 3.10. The molecule has 0 aliphatic rings. The van der Waals surface area contributed by atoms with Crippen molar-refractivity contribution in [2.24, 2.45) is 0 Å². The van der Waals surface area contributed by atoms with Crippen LogP contribution in [0.4, 0.5) is 0 Å². The summed E-state index contributed by atoms with van der Waals surface area (Å²) in [7, 11) is 0. The first kappa shape index (κ1) is 12.9. The van der Waals surface area contributed by atoms with Gasteiger partial charge in [0.25, 0.3) is 0 Å². The molecule has 3 aromatic rings. The van der Waals surface area contributed by atoms with Gasteiger partial charge in [-0.1, -0.05) is 23.4 Å². The van der Waals surface area contributed by atoms with E-state index in [1.54, 1.807) is 0 Å². The summed E-state index contributed by atoms with van der Waals surface area (Å²) in [6.07, 6.45) is 6.47. The van der Waals surface area contributed by atoms with Gasteiger partial charge in [-0.3, -0.25) is 4.68 Å². The largest absolute Gasteiger partial charge is 0.396 e. The van der Waals surface area contributed by atoms with E-state index < -0.39 is 0 Å². The van der Waals surface area contributed by atoms with Crippen molar-refractivity contribution in [2.75, 3.05) is 6.61 Å². The molecule has 0 fully saturated rings. The first-order chi connectivity index (χ1) is 9.86. The second kappa shape index (κ2) is 5.88. The Morgan fingerprint density at radius 3 is 3.00 bits per heavy atom. The number of fused-ring (bicyclic) bond motifs is 1. The van der Waals surface area contributed by atoms with Crippen molar-refractivity contribution in [3.05, 3.63) is 47.9 Å². The normalized spacial score (nSPS) is 11.2. The molecular weight excluding hydrogens is 252 g/mol. The third-order valence-electron chi connectivity index (χ3n) is 3.46. The molecule has 0 atom stereocenters. The number of aromatic amines is 1. The molecule has 2 heterocycles. The first-order valence-corrected chi connectivity index (χ1v) is 6.91. The van der Waals surface area contributed by atoms with Crippen molar-refractivity contribution >= 4 is 10.9 Å². The minimum Gasteiger partial charge on any atom is -0.396 e. The van der Waals surface area contributed by atoms with Crippen LogP contribution in [-0.2, 0) is 19.4 Å². The summed E-state index contributed by atoms with van der Waals surface area (Å²) in [5.41, 5.74) is 3.41. The van der Waals surface area contributed by atoms with Gasteiger partial charge in [0.2, 0.25) is 0 Å². The third-order valence-corrected chi connectivity index (χ3v) is 3.46. The van der Waals surface area contributed by atoms with Crippen molar-refractivity contribution in [1.82, 2.24) is 20.0 Å². The van der Waals surface area contributed by atoms with Crippen LogP contribution >= 0.6 is 0 Å². The van der Waals surface area contributed by atoms with Crippen molar-refractivity contribution in [3.63, 3.8) is 0 Å². The van der Waals surface area contributed by atoms with Crippen LogP contribution in [-0.4, -0.2) is 31.7 Å². The zero-order valence-corrected chi connectivity index (χ0v) is 11.3. The van der Waals surface area contributed by atoms with E-state index in [9.17, 15) is 0 Å². The number of aryl methyl sites for hydroxylation is 3. The van der Waals surface area contributed by atoms with Gasteiger partial charge < -0.3 is 10.1 Å². The van der Waals surface area contributed by atoms with Crippen LogP contribution in [0.1, 0.15) is 17.7 Å². The number of aliphatic hydroxyl groups excluding tert-OH is 1. The van der Waals surface area contributed by atoms with E-state index in [0.717, 1.165) is 31.5 Å². The van der Waals surface area contributed by atoms with E-state index in [1.165, 1.54) is 16.5 Å². The number of nitrogens with one attached hydrogen (secondary N) is 1. The molecule has 0 saturated heterocycles. The van der Waals surface area contributed by atoms with Gasteiger partial charge in [0.05, 0.1) is 5.69 Å². The van der Waals surface area contributed by atoms with Gasteiger partial charge in [0.15, 0.2) is 0 Å². The molecule has 2 aromatic heterocycles. The molecule has 0 aliphatic carbocycles. The van der Waals surface area contributed by atoms with Crippen LogP contribution in [0.25, 0.3) is 10.9 Å². The average molecular weight is 270 g/mol. The van der Waals surface area contributed by atoms with Crippen LogP contribution in [0.3, 0.4) is 0 Å². The summed E-state index contributed by atoms with van der Waals surface area (Å²) in [5, 5.41) is 18.3. The molecule has 2 N–H and O–H groups in total. The first-order valence-electron chi connectivity index (χ1n) is 6.91. The van der Waals surface area contributed by atoms with E-state index in [0.29, 0.717) is 0 Å². The molecule has 1 aromatic carbocycles. The molecule has 5 nitrogen and oxygen atoms in total. The fourth-order valence-corrected chi connectivity index (χ4v) is 2.40. The summed E-state index contributed by atoms with van der Waals surface area (Å²) in [5.74, 6) is 0. The lowest BCUT2D eigenvalue weighted by molar-refractivity contribution is 0.288. The number of hydrogen-bond acceptors (Lipinski definition) is 3. The second-order valence-corrected chi connectivity index (χ2v) is 4.91. The summed E-state index contributed by atoms with van der Waals surface area (Å²) >= 11 is 0. The predicted octanol–water partition coefficient (Wildman–Crippen LogP) is 1.93. The molecule has 104 valence electrons. The lowest BCUT2D eigenvalue weighted by atomic mass is 10.1. The SMILES string of the molecule is OCCCc1cn(CCc2c[nH]c3ccccc23)nn1. The number of H-pyrrole nitrogens is 1. The fraction of sp³-hybridized carbons (Fsp3) is 0.333. The van der Waals surface area contributed by atoms with E-state index in [2.05, 4.69) is 39.7 Å². The molecule has 3 rings (SSSR count). The van der Waals surface area contributed by atoms with Gasteiger partial charge >= 0.3 is 0 Å². The highest BCUT2D eigenvalue weighted by Gasteiger charge is 2.04. The van der Waals surface area contributed by atoms with E-state index >= 15 is 0 Å². The van der Waals surface area contributed by atoms with E-state index in [-0.39, 0.29) is 6.61 Å². The maximum Gasteiger partial charge on any atom is 0.0828 e. The van der Waals surface area contributed by atoms with Crippen molar-refractivity contribution in [1.29, 1.82) is 0 Å². The van der Waals surface area contributed by atoms with Crippen LogP contribution in [0, 0.1) is 0 Å². The number of benzene rings is 1. The van der Waals surface area contributed by atoms with Gasteiger partial charge in [-0.05, 0) is 30.9 Å². The summed E-state index contributed by atoms with van der Waals surface area (Å²) < 4.78 is 1.87. The highest BCUT2D eigenvalue weighted by molar-refractivity contribution is 5.82. The smallest absolute Gasteiger partial charge is 0.0828 e. The Morgan fingerprint density at radius 1 is 1.20 bits per heavy atom. The minimum atomic E-state index is 0.197. The van der Waals surface area contributed by atoms with Crippen molar-refractivity contribution in [2.45, 2.75) is 25.8 Å². The number of rotatable bonds is 6. The van der Waals surface area contributed by atoms with Crippen molar-refractivity contribution < 1.29 is 5.11 Å². The zero-order valence-electron chi connectivity index (χ0n) is 11.3. The molecule has 0 saturated carbocycles. The summed E-state index contributed by atoms with van der Waals surface area (Å²) in [6.45, 7) is 1.01. The van der Waals surface area contributed by atoms with Gasteiger partial charge in [-0.15, -0.1) is 5.10 Å². The van der Waals surface area contributed by atoms with E-state index in [4.69, 9.17) is 5.11 Å². The molecule has 0 bridgehead atoms. The molecule has 5 heteroatoms. The van der Waals surface area contributed by atoms with E-state index in [1.807, 2.05) is 16.9 Å². The molecule has 0 radical (unpaired) electrons. The van der Waals surface area contributed by atoms with Crippen molar-refractivity contribution in [3.8, 4) is 0 Å². The monoisotopic (exact) mass is 270 g/mol. The highest BCUT2D eigenvalue weighted by Crippen LogP contribution is 2.18. The van der Waals surface area contributed by atoms with Gasteiger partial charge in [-0.2, -0.15) is 0 Å². The van der Waals surface area contributed by atoms with Crippen LogP contribution < -0.4 is 0 Å². The lowest BCUT2D eigenvalue weighted by Gasteiger charge is -1.99. The van der Waals surface area contributed by atoms with Crippen LogP contribution in [0.5, 0.6) is 0 Å². The fourth-order valence-electron chi connectivity index (χ4n) is 2.40. The zero-order chi connectivity index (χ0) is 13.8. The number of aliphatic hydroxyl groups is 1. The van der Waals surface area contributed by atoms with Gasteiger partial charge in [0.1, 0.15) is 0 Å². The second-order valence-electron chi connectivity index (χ2n) is 4.91. The standard InChI is InChI=1S/C15H18N4O/c20-9-3-4-13-11-19(18-17-13)8-7-12-10-16-15-6-2-1-5-14(12)15/h1-2,5-6,10-11,16,20H,3-4,7-9H2. The quantitative estimate of drug-likeness (QED) is 0.719. The van der Waals surface area contributed by atoms with Gasteiger partial charge in [0, 0.05) is 36.4 Å². The molecule has 0 aliphatic heterocycles. The Kier molecular flexibility index (Phi) is 3.78. The number of nitrogens with zero attached hydrogens (tertiary/aromatic N) is 3. The Hall–Kier alpha value is -2.14. The maximum absolute atomic E-state index is 8.80. The number of aromatic nitrogens is 4. The third kappa shape index (κ3) is 2.72. The molecule has 0 spiro atoms. The summed E-state index contributed by atoms with van der Waals surface area (Å²) in [4.78, 5) is 3.28. The van der Waals surface area contributed by atoms with Crippen LogP contribution in [0.2, 0.25) is 0 Å². The number of hydrogen-bond donors (Lipinski definition) is 2. The Balaban J connectivity index is 1.65. The Labute approximate surface area is 117 Å².